The van der Waals surface area contributed by atoms with Crippen LogP contribution >= 0.6 is 0 Å². The van der Waals surface area contributed by atoms with Crippen LogP contribution in [0, 0.1) is 11.3 Å². The van der Waals surface area contributed by atoms with Gasteiger partial charge >= 0.3 is 6.18 Å². The van der Waals surface area contributed by atoms with Crippen LogP contribution in [-0.2, 0) is 6.18 Å². The largest absolute Gasteiger partial charge is 0.416 e. The standard InChI is InChI=1S/C12H9F3N2/c13-12(14,15)10-3-1-8(2-4-10)11-7-17-6-9(11)5-16/h1-4,6,11,17H,7H2. The van der Waals surface area contributed by atoms with Gasteiger partial charge in [-0.15, -0.1) is 0 Å². The van der Waals surface area contributed by atoms with Crippen LogP contribution in [0.1, 0.15) is 17.0 Å². The van der Waals surface area contributed by atoms with Gasteiger partial charge in [0, 0.05) is 18.7 Å². The molecule has 1 atom stereocenters. The Hall–Kier alpha value is -1.96. The van der Waals surface area contributed by atoms with Gasteiger partial charge in [-0.2, -0.15) is 18.4 Å². The number of nitriles is 1. The van der Waals surface area contributed by atoms with Crippen molar-refractivity contribution in [3.8, 4) is 6.07 Å². The molecule has 1 aliphatic heterocycles. The molecular formula is C12H9F3N2. The number of hydrogen-bond acceptors (Lipinski definition) is 2. The molecule has 0 aliphatic carbocycles. The maximum atomic E-state index is 12.4. The fourth-order valence-corrected chi connectivity index (χ4v) is 1.81. The van der Waals surface area contributed by atoms with Gasteiger partial charge in [-0.3, -0.25) is 0 Å². The molecule has 0 saturated heterocycles. The third-order valence-electron chi connectivity index (χ3n) is 2.72. The van der Waals surface area contributed by atoms with Crippen LogP contribution in [0.2, 0.25) is 0 Å². The average Bonchev–Trinajstić information content (AvgIpc) is 2.76. The summed E-state index contributed by atoms with van der Waals surface area (Å²) in [6, 6.07) is 6.97. The molecule has 0 bridgehead atoms. The summed E-state index contributed by atoms with van der Waals surface area (Å²) < 4.78 is 37.1. The van der Waals surface area contributed by atoms with Crippen LogP contribution in [-0.4, -0.2) is 6.54 Å². The smallest absolute Gasteiger partial charge is 0.389 e. The van der Waals surface area contributed by atoms with Crippen molar-refractivity contribution in [2.75, 3.05) is 6.54 Å². The van der Waals surface area contributed by atoms with E-state index in [0.717, 1.165) is 17.7 Å². The highest BCUT2D eigenvalue weighted by Gasteiger charge is 2.30. The molecule has 0 radical (unpaired) electrons. The Labute approximate surface area is 96.4 Å². The Morgan fingerprint density at radius 1 is 1.24 bits per heavy atom. The van der Waals surface area contributed by atoms with E-state index in [1.807, 2.05) is 6.07 Å². The highest BCUT2D eigenvalue weighted by Crippen LogP contribution is 2.32. The SMILES string of the molecule is N#CC1=CNCC1c1ccc(C(F)(F)F)cc1. The van der Waals surface area contributed by atoms with Crippen molar-refractivity contribution in [1.29, 1.82) is 5.26 Å². The second-order valence-electron chi connectivity index (χ2n) is 3.79. The molecule has 0 saturated carbocycles. The summed E-state index contributed by atoms with van der Waals surface area (Å²) in [6.07, 6.45) is -2.72. The van der Waals surface area contributed by atoms with Gasteiger partial charge in [0.05, 0.1) is 17.2 Å². The summed E-state index contributed by atoms with van der Waals surface area (Å²) in [5.74, 6) is -0.151. The van der Waals surface area contributed by atoms with Gasteiger partial charge in [0.15, 0.2) is 0 Å². The average molecular weight is 238 g/mol. The van der Waals surface area contributed by atoms with E-state index >= 15 is 0 Å². The molecular weight excluding hydrogens is 229 g/mol. The molecule has 1 aromatic carbocycles. The van der Waals surface area contributed by atoms with Gasteiger partial charge in [0.2, 0.25) is 0 Å². The van der Waals surface area contributed by atoms with Crippen molar-refractivity contribution in [2.24, 2.45) is 0 Å². The van der Waals surface area contributed by atoms with Crippen molar-refractivity contribution in [3.05, 3.63) is 47.2 Å². The van der Waals surface area contributed by atoms with Gasteiger partial charge in [0.25, 0.3) is 0 Å². The highest BCUT2D eigenvalue weighted by atomic mass is 19.4. The Morgan fingerprint density at radius 3 is 2.41 bits per heavy atom. The maximum Gasteiger partial charge on any atom is 0.416 e. The van der Waals surface area contributed by atoms with Gasteiger partial charge in [0.1, 0.15) is 0 Å². The van der Waals surface area contributed by atoms with Gasteiger partial charge in [-0.05, 0) is 17.7 Å². The van der Waals surface area contributed by atoms with E-state index in [9.17, 15) is 13.2 Å². The third-order valence-corrected chi connectivity index (χ3v) is 2.72. The molecule has 1 heterocycles. The highest BCUT2D eigenvalue weighted by molar-refractivity contribution is 5.40. The van der Waals surface area contributed by atoms with Crippen molar-refractivity contribution >= 4 is 0 Å². The topological polar surface area (TPSA) is 35.8 Å². The zero-order chi connectivity index (χ0) is 12.5. The van der Waals surface area contributed by atoms with E-state index in [0.29, 0.717) is 12.1 Å². The molecule has 0 spiro atoms. The summed E-state index contributed by atoms with van der Waals surface area (Å²) in [5.41, 5.74) is 0.593. The summed E-state index contributed by atoms with van der Waals surface area (Å²) in [5, 5.41) is 11.8. The van der Waals surface area contributed by atoms with Gasteiger partial charge in [-0.25, -0.2) is 0 Å². The molecule has 1 unspecified atom stereocenters. The Bertz CT molecular complexity index is 480. The number of halogens is 3. The van der Waals surface area contributed by atoms with E-state index in [-0.39, 0.29) is 5.92 Å². The fourth-order valence-electron chi connectivity index (χ4n) is 1.81. The molecule has 0 amide bonds. The second kappa shape index (κ2) is 4.13. The Balaban J connectivity index is 2.25. The molecule has 1 aromatic rings. The molecule has 0 aromatic heterocycles. The first-order valence-corrected chi connectivity index (χ1v) is 5.03. The lowest BCUT2D eigenvalue weighted by Gasteiger charge is -2.12. The predicted octanol–water partition coefficient (Wildman–Crippen LogP) is 2.80. The number of nitrogens with one attached hydrogen (secondary N) is 1. The molecule has 5 heteroatoms. The quantitative estimate of drug-likeness (QED) is 0.816. The number of alkyl halides is 3. The van der Waals surface area contributed by atoms with Crippen LogP contribution < -0.4 is 5.32 Å². The molecule has 1 N–H and O–H groups in total. The number of rotatable bonds is 1. The van der Waals surface area contributed by atoms with E-state index in [2.05, 4.69) is 5.32 Å². The maximum absolute atomic E-state index is 12.4. The summed E-state index contributed by atoms with van der Waals surface area (Å²) in [4.78, 5) is 0. The normalized spacial score (nSPS) is 19.4. The van der Waals surface area contributed by atoms with Crippen LogP contribution in [0.4, 0.5) is 13.2 Å². The third kappa shape index (κ3) is 2.26. The lowest BCUT2D eigenvalue weighted by molar-refractivity contribution is -0.137. The van der Waals surface area contributed by atoms with E-state index in [1.165, 1.54) is 12.1 Å². The van der Waals surface area contributed by atoms with Crippen LogP contribution in [0.3, 0.4) is 0 Å². The number of nitrogens with zero attached hydrogens (tertiary/aromatic N) is 1. The minimum atomic E-state index is -4.32. The fraction of sp³-hybridized carbons (Fsp3) is 0.250. The van der Waals surface area contributed by atoms with E-state index < -0.39 is 11.7 Å². The van der Waals surface area contributed by atoms with Gasteiger partial charge < -0.3 is 5.32 Å². The molecule has 17 heavy (non-hydrogen) atoms. The summed E-state index contributed by atoms with van der Waals surface area (Å²) >= 11 is 0. The Kier molecular flexibility index (Phi) is 2.80. The van der Waals surface area contributed by atoms with E-state index in [4.69, 9.17) is 5.26 Å². The zero-order valence-corrected chi connectivity index (χ0v) is 8.75. The van der Waals surface area contributed by atoms with Gasteiger partial charge in [-0.1, -0.05) is 12.1 Å². The van der Waals surface area contributed by atoms with Crippen molar-refractivity contribution in [1.82, 2.24) is 5.32 Å². The van der Waals surface area contributed by atoms with Crippen molar-refractivity contribution in [3.63, 3.8) is 0 Å². The first-order valence-electron chi connectivity index (χ1n) is 5.03. The van der Waals surface area contributed by atoms with Crippen LogP contribution in [0.25, 0.3) is 0 Å². The minimum absolute atomic E-state index is 0.151. The molecule has 1 aliphatic rings. The summed E-state index contributed by atoms with van der Waals surface area (Å²) in [7, 11) is 0. The lowest BCUT2D eigenvalue weighted by Crippen LogP contribution is -2.10. The number of benzene rings is 1. The summed E-state index contributed by atoms with van der Waals surface area (Å²) in [6.45, 7) is 0.550. The molecule has 0 fully saturated rings. The first kappa shape index (κ1) is 11.5. The van der Waals surface area contributed by atoms with Crippen molar-refractivity contribution < 1.29 is 13.2 Å². The number of hydrogen-bond donors (Lipinski definition) is 1. The van der Waals surface area contributed by atoms with Crippen LogP contribution in [0.15, 0.2) is 36.0 Å². The zero-order valence-electron chi connectivity index (χ0n) is 8.75. The second-order valence-corrected chi connectivity index (χ2v) is 3.79. The molecule has 2 nitrogen and oxygen atoms in total. The Morgan fingerprint density at radius 2 is 1.88 bits per heavy atom. The van der Waals surface area contributed by atoms with Crippen molar-refractivity contribution in [2.45, 2.75) is 12.1 Å². The van der Waals surface area contributed by atoms with Crippen LogP contribution in [0.5, 0.6) is 0 Å². The first-order chi connectivity index (χ1) is 8.02. The lowest BCUT2D eigenvalue weighted by atomic mass is 9.93. The molecule has 2 rings (SSSR count). The predicted molar refractivity (Wildman–Crippen MR) is 55.9 cm³/mol. The van der Waals surface area contributed by atoms with E-state index in [1.54, 1.807) is 6.20 Å². The molecule has 88 valence electrons. The minimum Gasteiger partial charge on any atom is -0.389 e. The monoisotopic (exact) mass is 238 g/mol.